The zero-order valence-electron chi connectivity index (χ0n) is 16.6. The molecule has 0 fully saturated rings. The third-order valence-corrected chi connectivity index (χ3v) is 4.26. The Hall–Kier alpha value is -3.17. The van der Waals surface area contributed by atoms with Gasteiger partial charge in [-0.1, -0.05) is 41.9 Å². The first-order chi connectivity index (χ1) is 14.4. The Kier molecular flexibility index (Phi) is 7.21. The Morgan fingerprint density at radius 1 is 1.27 bits per heavy atom. The Balaban J connectivity index is 1.69. The second-order valence-corrected chi connectivity index (χ2v) is 7.18. The number of rotatable bonds is 9. The Morgan fingerprint density at radius 3 is 2.73 bits per heavy atom. The zero-order chi connectivity index (χ0) is 21.5. The van der Waals surface area contributed by atoms with Gasteiger partial charge in [0.1, 0.15) is 11.6 Å². The molecule has 0 amide bonds. The average molecular weight is 431 g/mol. The molecule has 30 heavy (non-hydrogen) atoms. The normalized spacial score (nSPS) is 11.9. The van der Waals surface area contributed by atoms with Gasteiger partial charge in [0.15, 0.2) is 5.82 Å². The van der Waals surface area contributed by atoms with Crippen LogP contribution < -0.4 is 10.6 Å². The van der Waals surface area contributed by atoms with Gasteiger partial charge in [-0.15, -0.1) is 0 Å². The third-order valence-electron chi connectivity index (χ3n) is 3.99. The number of nitrogens with one attached hydrogen (secondary N) is 2. The van der Waals surface area contributed by atoms with E-state index < -0.39 is 0 Å². The van der Waals surface area contributed by atoms with Crippen LogP contribution in [0, 0.1) is 0 Å². The lowest BCUT2D eigenvalue weighted by Gasteiger charge is -2.18. The van der Waals surface area contributed by atoms with Crippen LogP contribution >= 0.6 is 11.6 Å². The number of carbonyl (C=O) groups excluding carboxylic acids is 1. The number of esters is 1. The number of nitrogens with zero attached hydrogens (tertiary/aromatic N) is 4. The summed E-state index contributed by atoms with van der Waals surface area (Å²) in [5.41, 5.74) is 1.50. The maximum atomic E-state index is 11.7. The summed E-state index contributed by atoms with van der Waals surface area (Å²) in [5, 5.41) is 20.3. The molecule has 3 N–H and O–H groups in total. The van der Waals surface area contributed by atoms with E-state index in [0.717, 1.165) is 5.56 Å². The van der Waals surface area contributed by atoms with Crippen LogP contribution in [0.25, 0.3) is 0 Å². The van der Waals surface area contributed by atoms with Crippen molar-refractivity contribution in [2.45, 2.75) is 32.5 Å². The van der Waals surface area contributed by atoms with E-state index in [4.69, 9.17) is 16.3 Å². The Labute approximate surface area is 179 Å². The second-order valence-electron chi connectivity index (χ2n) is 6.77. The van der Waals surface area contributed by atoms with Crippen LogP contribution in [-0.4, -0.2) is 43.5 Å². The molecular weight excluding hydrogens is 408 g/mol. The van der Waals surface area contributed by atoms with Crippen LogP contribution in [0.2, 0.25) is 5.02 Å². The van der Waals surface area contributed by atoms with Crippen molar-refractivity contribution >= 4 is 35.0 Å². The molecule has 1 unspecified atom stereocenters. The smallest absolute Gasteiger partial charge is 0.328 e. The molecule has 0 bridgehead atoms. The van der Waals surface area contributed by atoms with Crippen molar-refractivity contribution < 1.29 is 14.6 Å². The monoisotopic (exact) mass is 430 g/mol. The molecule has 0 saturated heterocycles. The molecule has 10 heteroatoms. The highest BCUT2D eigenvalue weighted by molar-refractivity contribution is 6.32. The molecular formula is C20H23ClN6O3. The van der Waals surface area contributed by atoms with E-state index in [9.17, 15) is 9.90 Å². The standard InChI is InChI=1S/C20H23ClN6O3/c1-13(2)30-18(29)11-27-10-15(8-23-27)24-20-22-9-16(21)19(26-20)25-17(12-28)14-6-4-3-5-7-14/h3-10,13,17,28H,11-12H2,1-2H3,(H2,22,24,25,26). The minimum Gasteiger partial charge on any atom is -0.462 e. The van der Waals surface area contributed by atoms with Crippen LogP contribution in [0.3, 0.4) is 0 Å². The molecule has 9 nitrogen and oxygen atoms in total. The van der Waals surface area contributed by atoms with Gasteiger partial charge < -0.3 is 20.5 Å². The first kappa shape index (κ1) is 21.5. The fourth-order valence-electron chi connectivity index (χ4n) is 2.69. The minimum absolute atomic E-state index is 0.00337. The van der Waals surface area contributed by atoms with Gasteiger partial charge in [-0.3, -0.25) is 9.48 Å². The number of carbonyl (C=O) groups is 1. The summed E-state index contributed by atoms with van der Waals surface area (Å²) < 4.78 is 6.56. The van der Waals surface area contributed by atoms with Gasteiger partial charge in [-0.25, -0.2) is 4.98 Å². The fraction of sp³-hybridized carbons (Fsp3) is 0.300. The molecule has 0 aliphatic carbocycles. The quantitative estimate of drug-likeness (QED) is 0.443. The number of halogens is 1. The average Bonchev–Trinajstić information content (AvgIpc) is 3.14. The largest absolute Gasteiger partial charge is 0.462 e. The highest BCUT2D eigenvalue weighted by Crippen LogP contribution is 2.25. The van der Waals surface area contributed by atoms with E-state index in [1.165, 1.54) is 10.9 Å². The summed E-state index contributed by atoms with van der Waals surface area (Å²) >= 11 is 6.23. The van der Waals surface area contributed by atoms with E-state index in [1.807, 2.05) is 30.3 Å². The number of aliphatic hydroxyl groups is 1. The molecule has 0 aliphatic rings. The van der Waals surface area contributed by atoms with Gasteiger partial charge in [0.05, 0.1) is 36.8 Å². The number of hydrogen-bond donors (Lipinski definition) is 3. The molecule has 1 aromatic carbocycles. The first-order valence-electron chi connectivity index (χ1n) is 9.38. The van der Waals surface area contributed by atoms with Gasteiger partial charge in [-0.05, 0) is 19.4 Å². The van der Waals surface area contributed by atoms with Crippen molar-refractivity contribution in [2.24, 2.45) is 0 Å². The molecule has 0 aliphatic heterocycles. The van der Waals surface area contributed by atoms with Crippen LogP contribution in [-0.2, 0) is 16.1 Å². The van der Waals surface area contributed by atoms with Gasteiger partial charge in [0.2, 0.25) is 5.95 Å². The molecule has 2 heterocycles. The Bertz CT molecular complexity index is 980. The van der Waals surface area contributed by atoms with Gasteiger partial charge in [0.25, 0.3) is 0 Å². The number of ether oxygens (including phenoxy) is 1. The third kappa shape index (κ3) is 5.91. The fourth-order valence-corrected chi connectivity index (χ4v) is 2.84. The van der Waals surface area contributed by atoms with Crippen molar-refractivity contribution in [3.8, 4) is 0 Å². The van der Waals surface area contributed by atoms with Crippen molar-refractivity contribution in [3.05, 3.63) is 59.5 Å². The number of aliphatic hydroxyl groups excluding tert-OH is 1. The zero-order valence-corrected chi connectivity index (χ0v) is 17.4. The topological polar surface area (TPSA) is 114 Å². The molecule has 0 radical (unpaired) electrons. The van der Waals surface area contributed by atoms with Gasteiger partial charge in [-0.2, -0.15) is 10.1 Å². The summed E-state index contributed by atoms with van der Waals surface area (Å²) in [5.74, 6) is 0.297. The number of hydrogen-bond acceptors (Lipinski definition) is 8. The maximum Gasteiger partial charge on any atom is 0.328 e. The van der Waals surface area contributed by atoms with E-state index in [-0.39, 0.29) is 37.2 Å². The molecule has 158 valence electrons. The highest BCUT2D eigenvalue weighted by atomic mass is 35.5. The van der Waals surface area contributed by atoms with Crippen LogP contribution in [0.5, 0.6) is 0 Å². The molecule has 3 aromatic rings. The lowest BCUT2D eigenvalue weighted by Crippen LogP contribution is -2.17. The number of benzene rings is 1. The molecule has 0 spiro atoms. The van der Waals surface area contributed by atoms with E-state index in [0.29, 0.717) is 16.5 Å². The molecule has 1 atom stereocenters. The van der Waals surface area contributed by atoms with Crippen molar-refractivity contribution in [2.75, 3.05) is 17.2 Å². The highest BCUT2D eigenvalue weighted by Gasteiger charge is 2.14. The van der Waals surface area contributed by atoms with Crippen LogP contribution in [0.1, 0.15) is 25.5 Å². The van der Waals surface area contributed by atoms with E-state index in [1.54, 1.807) is 26.2 Å². The Morgan fingerprint density at radius 2 is 2.03 bits per heavy atom. The first-order valence-corrected chi connectivity index (χ1v) is 9.76. The number of aromatic nitrogens is 4. The van der Waals surface area contributed by atoms with E-state index >= 15 is 0 Å². The molecule has 3 rings (SSSR count). The predicted molar refractivity (Wildman–Crippen MR) is 114 cm³/mol. The molecule has 0 saturated carbocycles. The summed E-state index contributed by atoms with van der Waals surface area (Å²) in [6, 6.07) is 9.12. The lowest BCUT2D eigenvalue weighted by molar-refractivity contribution is -0.148. The summed E-state index contributed by atoms with van der Waals surface area (Å²) in [4.78, 5) is 20.3. The van der Waals surface area contributed by atoms with Crippen molar-refractivity contribution in [3.63, 3.8) is 0 Å². The lowest BCUT2D eigenvalue weighted by atomic mass is 10.1. The summed E-state index contributed by atoms with van der Waals surface area (Å²) in [7, 11) is 0. The van der Waals surface area contributed by atoms with Gasteiger partial charge >= 0.3 is 5.97 Å². The van der Waals surface area contributed by atoms with Crippen LogP contribution in [0.4, 0.5) is 17.5 Å². The van der Waals surface area contributed by atoms with Crippen LogP contribution in [0.15, 0.2) is 48.9 Å². The number of anilines is 3. The van der Waals surface area contributed by atoms with E-state index in [2.05, 4.69) is 25.7 Å². The SMILES string of the molecule is CC(C)OC(=O)Cn1cc(Nc2ncc(Cl)c(NC(CO)c3ccccc3)n2)cn1. The second kappa shape index (κ2) is 10.0. The summed E-state index contributed by atoms with van der Waals surface area (Å²) in [6.07, 6.45) is 4.47. The predicted octanol–water partition coefficient (Wildman–Crippen LogP) is 3.17. The molecule has 2 aromatic heterocycles. The minimum atomic E-state index is -0.374. The van der Waals surface area contributed by atoms with Crippen molar-refractivity contribution in [1.82, 2.24) is 19.7 Å². The van der Waals surface area contributed by atoms with Crippen molar-refractivity contribution in [1.29, 1.82) is 0 Å². The maximum absolute atomic E-state index is 11.7. The van der Waals surface area contributed by atoms with Gasteiger partial charge in [0, 0.05) is 6.20 Å². The summed E-state index contributed by atoms with van der Waals surface area (Å²) in [6.45, 7) is 3.45.